The minimum absolute atomic E-state index is 0.272. The van der Waals surface area contributed by atoms with Crippen molar-refractivity contribution in [3.63, 3.8) is 0 Å². The third-order valence-electron chi connectivity index (χ3n) is 6.28. The van der Waals surface area contributed by atoms with E-state index < -0.39 is 5.60 Å². The molecule has 33 heavy (non-hydrogen) atoms. The molecule has 0 N–H and O–H groups in total. The molecule has 9 heteroatoms. The van der Waals surface area contributed by atoms with E-state index in [0.29, 0.717) is 24.0 Å². The molecule has 0 unspecified atom stereocenters. The van der Waals surface area contributed by atoms with Crippen molar-refractivity contribution in [3.05, 3.63) is 58.8 Å². The third kappa shape index (κ3) is 4.49. The molecule has 174 valence electrons. The quantitative estimate of drug-likeness (QED) is 0.485. The highest BCUT2D eigenvalue weighted by Crippen LogP contribution is 2.41. The second-order valence-corrected chi connectivity index (χ2v) is 10.3. The molecule has 3 heterocycles. The zero-order chi connectivity index (χ0) is 23.2. The lowest BCUT2D eigenvalue weighted by Crippen LogP contribution is -2.35. The number of nitrogens with zero attached hydrogens (tertiary/aromatic N) is 5. The summed E-state index contributed by atoms with van der Waals surface area (Å²) in [5.41, 5.74) is 1.33. The molecule has 2 aliphatic rings. The van der Waals surface area contributed by atoms with Gasteiger partial charge in [-0.2, -0.15) is 0 Å². The van der Waals surface area contributed by atoms with Gasteiger partial charge in [-0.1, -0.05) is 11.6 Å². The van der Waals surface area contributed by atoms with Gasteiger partial charge in [-0.05, 0) is 70.2 Å². The number of hydrogen-bond donors (Lipinski definition) is 0. The number of aromatic nitrogens is 4. The maximum atomic E-state index is 12.9. The first-order valence-electron chi connectivity index (χ1n) is 11.4. The molecule has 1 amide bonds. The molecule has 2 aromatic heterocycles. The summed E-state index contributed by atoms with van der Waals surface area (Å²) < 4.78 is 13.3. The van der Waals surface area contributed by atoms with Crippen LogP contribution < -0.4 is 0 Å². The van der Waals surface area contributed by atoms with Crippen LogP contribution in [-0.4, -0.2) is 36.3 Å². The van der Waals surface area contributed by atoms with Crippen molar-refractivity contribution in [3.8, 4) is 5.69 Å². The van der Waals surface area contributed by atoms with Crippen LogP contribution in [0.25, 0.3) is 5.69 Å². The average Bonchev–Trinajstić information content (AvgIpc) is 3.40. The van der Waals surface area contributed by atoms with E-state index in [9.17, 15) is 4.79 Å². The topological polar surface area (TPSA) is 86.3 Å². The van der Waals surface area contributed by atoms with Gasteiger partial charge in [0.05, 0.1) is 25.0 Å². The molecule has 0 spiro atoms. The number of rotatable bonds is 2. The SMILES string of the molecule is CC(C)(C)OC(=O)N1Cc2cc(Cl)ccc2-n2c(nnc2[C@H]2CC[C@H](c3ncco3)CC2)C1. The molecule has 1 aliphatic heterocycles. The normalized spacial score (nSPS) is 20.7. The highest BCUT2D eigenvalue weighted by molar-refractivity contribution is 6.30. The summed E-state index contributed by atoms with van der Waals surface area (Å²) in [7, 11) is 0. The minimum Gasteiger partial charge on any atom is -0.449 e. The van der Waals surface area contributed by atoms with E-state index in [-0.39, 0.29) is 12.0 Å². The van der Waals surface area contributed by atoms with Crippen LogP contribution in [0.4, 0.5) is 4.79 Å². The Bertz CT molecular complexity index is 1140. The van der Waals surface area contributed by atoms with E-state index in [2.05, 4.69) is 19.7 Å². The number of halogens is 1. The zero-order valence-corrected chi connectivity index (χ0v) is 19.9. The molecule has 0 bridgehead atoms. The largest absolute Gasteiger partial charge is 0.449 e. The van der Waals surface area contributed by atoms with Crippen molar-refractivity contribution >= 4 is 17.7 Å². The van der Waals surface area contributed by atoms with Crippen molar-refractivity contribution in [2.75, 3.05) is 0 Å². The first-order valence-corrected chi connectivity index (χ1v) is 11.8. The van der Waals surface area contributed by atoms with Gasteiger partial charge in [0.2, 0.25) is 0 Å². The van der Waals surface area contributed by atoms with Gasteiger partial charge in [0.25, 0.3) is 0 Å². The summed E-state index contributed by atoms with van der Waals surface area (Å²) in [6.07, 6.45) is 6.90. The standard InChI is InChI=1S/C24H28ClN5O3/c1-24(2,3)33-23(31)29-13-17-12-18(25)8-9-19(17)30-20(14-29)27-28-21(30)15-4-6-16(7-5-15)22-26-10-11-32-22/h8-12,15-16H,4-7,13-14H2,1-3H3/t15-,16-. The zero-order valence-electron chi connectivity index (χ0n) is 19.1. The van der Waals surface area contributed by atoms with Crippen molar-refractivity contribution < 1.29 is 13.9 Å². The highest BCUT2D eigenvalue weighted by Gasteiger charge is 2.33. The fourth-order valence-corrected chi connectivity index (χ4v) is 4.98. The molecule has 1 aliphatic carbocycles. The van der Waals surface area contributed by atoms with E-state index in [1.54, 1.807) is 17.4 Å². The van der Waals surface area contributed by atoms with Crippen LogP contribution in [0.15, 0.2) is 35.1 Å². The monoisotopic (exact) mass is 469 g/mol. The smallest absolute Gasteiger partial charge is 0.411 e. The number of amides is 1. The van der Waals surface area contributed by atoms with E-state index in [1.165, 1.54) is 0 Å². The summed E-state index contributed by atoms with van der Waals surface area (Å²) in [4.78, 5) is 18.9. The number of hydrogen-bond acceptors (Lipinski definition) is 6. The predicted octanol–water partition coefficient (Wildman–Crippen LogP) is 5.60. The lowest BCUT2D eigenvalue weighted by Gasteiger charge is -2.26. The Morgan fingerprint density at radius 1 is 1.12 bits per heavy atom. The van der Waals surface area contributed by atoms with Crippen LogP contribution in [0.1, 0.15) is 81.4 Å². The Labute approximate surface area is 197 Å². The predicted molar refractivity (Wildman–Crippen MR) is 122 cm³/mol. The van der Waals surface area contributed by atoms with Gasteiger partial charge in [-0.3, -0.25) is 9.47 Å². The molecular weight excluding hydrogens is 442 g/mol. The molecule has 0 atom stereocenters. The molecule has 0 saturated heterocycles. The van der Waals surface area contributed by atoms with Crippen molar-refractivity contribution in [2.45, 2.75) is 77.0 Å². The van der Waals surface area contributed by atoms with E-state index >= 15 is 0 Å². The van der Waals surface area contributed by atoms with Crippen molar-refractivity contribution in [1.29, 1.82) is 0 Å². The molecule has 5 rings (SSSR count). The van der Waals surface area contributed by atoms with E-state index in [4.69, 9.17) is 20.8 Å². The van der Waals surface area contributed by atoms with Gasteiger partial charge >= 0.3 is 6.09 Å². The lowest BCUT2D eigenvalue weighted by molar-refractivity contribution is 0.0214. The Kier molecular flexibility index (Phi) is 5.64. The van der Waals surface area contributed by atoms with Crippen LogP contribution in [0, 0.1) is 0 Å². The van der Waals surface area contributed by atoms with Crippen LogP contribution in [0.5, 0.6) is 0 Å². The Balaban J connectivity index is 1.46. The van der Waals surface area contributed by atoms with Crippen molar-refractivity contribution in [2.24, 2.45) is 0 Å². The molecule has 0 radical (unpaired) electrons. The number of ether oxygens (including phenoxy) is 1. The third-order valence-corrected chi connectivity index (χ3v) is 6.51. The summed E-state index contributed by atoms with van der Waals surface area (Å²) >= 11 is 6.33. The maximum absolute atomic E-state index is 12.9. The van der Waals surface area contributed by atoms with Gasteiger partial charge in [-0.15, -0.1) is 10.2 Å². The maximum Gasteiger partial charge on any atom is 0.411 e. The van der Waals surface area contributed by atoms with Crippen molar-refractivity contribution in [1.82, 2.24) is 24.6 Å². The number of carbonyl (C=O) groups is 1. The number of fused-ring (bicyclic) bond motifs is 3. The van der Waals surface area contributed by atoms with Gasteiger partial charge in [0, 0.05) is 16.9 Å². The minimum atomic E-state index is -0.582. The Hall–Kier alpha value is -2.87. The molecule has 3 aromatic rings. The molecular formula is C24H28ClN5O3. The van der Waals surface area contributed by atoms with Crippen LogP contribution in [-0.2, 0) is 17.8 Å². The summed E-state index contributed by atoms with van der Waals surface area (Å²) in [6, 6.07) is 5.77. The average molecular weight is 470 g/mol. The van der Waals surface area contributed by atoms with Gasteiger partial charge in [-0.25, -0.2) is 9.78 Å². The fraction of sp³-hybridized carbons (Fsp3) is 0.500. The Morgan fingerprint density at radius 2 is 1.88 bits per heavy atom. The van der Waals surface area contributed by atoms with Crippen LogP contribution in [0.3, 0.4) is 0 Å². The molecule has 8 nitrogen and oxygen atoms in total. The first-order chi connectivity index (χ1) is 15.8. The highest BCUT2D eigenvalue weighted by atomic mass is 35.5. The second-order valence-electron chi connectivity index (χ2n) is 9.84. The second kappa shape index (κ2) is 8.48. The van der Waals surface area contributed by atoms with Crippen LogP contribution in [0.2, 0.25) is 5.02 Å². The number of oxazole rings is 1. The lowest BCUT2D eigenvalue weighted by atomic mass is 9.81. The molecule has 1 aromatic carbocycles. The molecule has 1 saturated carbocycles. The van der Waals surface area contributed by atoms with E-state index in [0.717, 1.165) is 54.5 Å². The Morgan fingerprint density at radius 3 is 2.58 bits per heavy atom. The summed E-state index contributed by atoms with van der Waals surface area (Å²) in [5.74, 6) is 3.10. The van der Waals surface area contributed by atoms with E-state index in [1.807, 2.05) is 39.0 Å². The fourth-order valence-electron chi connectivity index (χ4n) is 4.78. The van der Waals surface area contributed by atoms with Gasteiger partial charge in [0.15, 0.2) is 11.7 Å². The summed E-state index contributed by atoms with van der Waals surface area (Å²) in [6.45, 7) is 6.30. The number of benzene rings is 1. The van der Waals surface area contributed by atoms with Gasteiger partial charge in [0.1, 0.15) is 17.7 Å². The first kappa shape index (κ1) is 21.9. The number of carbonyl (C=O) groups excluding carboxylic acids is 1. The summed E-state index contributed by atoms with van der Waals surface area (Å²) in [5, 5.41) is 9.74. The van der Waals surface area contributed by atoms with Crippen LogP contribution >= 0.6 is 11.6 Å². The van der Waals surface area contributed by atoms with Gasteiger partial charge < -0.3 is 9.15 Å². The molecule has 1 fully saturated rings.